The molecule has 6 nitrogen and oxygen atoms in total. The van der Waals surface area contributed by atoms with E-state index in [-0.39, 0.29) is 12.1 Å². The molecule has 1 fully saturated rings. The average molecular weight is 319 g/mol. The molecular formula is C17H25N3O3. The number of furan rings is 1. The molecule has 2 unspecified atom stereocenters. The van der Waals surface area contributed by atoms with E-state index in [4.69, 9.17) is 14.4 Å². The van der Waals surface area contributed by atoms with Gasteiger partial charge in [0, 0.05) is 12.1 Å². The highest BCUT2D eigenvalue weighted by Crippen LogP contribution is 2.20. The van der Waals surface area contributed by atoms with Gasteiger partial charge in [-0.25, -0.2) is 4.79 Å². The predicted octanol–water partition coefficient (Wildman–Crippen LogP) is 3.08. The van der Waals surface area contributed by atoms with Crippen LogP contribution in [0.15, 0.2) is 16.5 Å². The quantitative estimate of drug-likeness (QED) is 0.890. The number of carbonyl (C=O) groups excluding carboxylic acids is 1. The number of amides is 1. The van der Waals surface area contributed by atoms with Crippen molar-refractivity contribution >= 4 is 6.09 Å². The maximum absolute atomic E-state index is 11.8. The van der Waals surface area contributed by atoms with E-state index < -0.39 is 5.60 Å². The van der Waals surface area contributed by atoms with Crippen molar-refractivity contribution in [2.24, 2.45) is 0 Å². The van der Waals surface area contributed by atoms with E-state index in [0.29, 0.717) is 18.3 Å². The van der Waals surface area contributed by atoms with Crippen LogP contribution in [0.4, 0.5) is 4.79 Å². The Kier molecular flexibility index (Phi) is 5.67. The summed E-state index contributed by atoms with van der Waals surface area (Å²) < 4.78 is 10.7. The van der Waals surface area contributed by atoms with Gasteiger partial charge in [-0.05, 0) is 58.6 Å². The van der Waals surface area contributed by atoms with E-state index in [9.17, 15) is 4.79 Å². The van der Waals surface area contributed by atoms with Gasteiger partial charge in [-0.1, -0.05) is 0 Å². The molecule has 0 radical (unpaired) electrons. The SMILES string of the molecule is CC(C)(C)OC(=O)NC1CCCC(NCc2ccc(C#N)o2)C1. The van der Waals surface area contributed by atoms with E-state index in [0.717, 1.165) is 31.4 Å². The van der Waals surface area contributed by atoms with Gasteiger partial charge in [0.15, 0.2) is 0 Å². The molecule has 1 aromatic rings. The highest BCUT2D eigenvalue weighted by atomic mass is 16.6. The molecule has 126 valence electrons. The van der Waals surface area contributed by atoms with Gasteiger partial charge in [0.2, 0.25) is 5.76 Å². The van der Waals surface area contributed by atoms with Crippen LogP contribution in [-0.4, -0.2) is 23.8 Å². The third-order valence-electron chi connectivity index (χ3n) is 3.73. The first kappa shape index (κ1) is 17.4. The van der Waals surface area contributed by atoms with Crippen LogP contribution >= 0.6 is 0 Å². The highest BCUT2D eigenvalue weighted by molar-refractivity contribution is 5.68. The number of hydrogen-bond acceptors (Lipinski definition) is 5. The molecule has 1 aromatic heterocycles. The number of nitriles is 1. The highest BCUT2D eigenvalue weighted by Gasteiger charge is 2.25. The molecule has 0 bridgehead atoms. The van der Waals surface area contributed by atoms with Crippen molar-refractivity contribution in [2.45, 2.75) is 70.7 Å². The zero-order chi connectivity index (χ0) is 16.9. The Morgan fingerprint density at radius 2 is 2.13 bits per heavy atom. The van der Waals surface area contributed by atoms with Crippen LogP contribution in [0.3, 0.4) is 0 Å². The van der Waals surface area contributed by atoms with Crippen LogP contribution in [0.25, 0.3) is 0 Å². The number of rotatable bonds is 4. The normalized spacial score (nSPS) is 21.5. The van der Waals surface area contributed by atoms with Gasteiger partial charge in [0.25, 0.3) is 0 Å². The van der Waals surface area contributed by atoms with Crippen molar-refractivity contribution < 1.29 is 13.9 Å². The number of nitrogens with one attached hydrogen (secondary N) is 2. The molecule has 1 heterocycles. The third-order valence-corrected chi connectivity index (χ3v) is 3.73. The molecule has 2 N–H and O–H groups in total. The summed E-state index contributed by atoms with van der Waals surface area (Å²) in [5.41, 5.74) is -0.478. The minimum Gasteiger partial charge on any atom is -0.449 e. The fourth-order valence-electron chi connectivity index (χ4n) is 2.76. The summed E-state index contributed by atoms with van der Waals surface area (Å²) in [5.74, 6) is 1.08. The summed E-state index contributed by atoms with van der Waals surface area (Å²) >= 11 is 0. The zero-order valence-corrected chi connectivity index (χ0v) is 14.0. The molecule has 0 aliphatic heterocycles. The first-order chi connectivity index (χ1) is 10.9. The summed E-state index contributed by atoms with van der Waals surface area (Å²) in [7, 11) is 0. The van der Waals surface area contributed by atoms with E-state index >= 15 is 0 Å². The molecule has 0 saturated heterocycles. The average Bonchev–Trinajstić information content (AvgIpc) is 2.91. The van der Waals surface area contributed by atoms with Gasteiger partial charge in [0.05, 0.1) is 6.54 Å². The largest absolute Gasteiger partial charge is 0.449 e. The maximum Gasteiger partial charge on any atom is 0.407 e. The van der Waals surface area contributed by atoms with Gasteiger partial charge in [0.1, 0.15) is 17.4 Å². The van der Waals surface area contributed by atoms with Crippen molar-refractivity contribution in [3.8, 4) is 6.07 Å². The van der Waals surface area contributed by atoms with E-state index in [1.54, 1.807) is 6.07 Å². The van der Waals surface area contributed by atoms with Crippen LogP contribution in [-0.2, 0) is 11.3 Å². The number of ether oxygens (including phenoxy) is 1. The first-order valence-corrected chi connectivity index (χ1v) is 8.07. The molecule has 1 aliphatic carbocycles. The zero-order valence-electron chi connectivity index (χ0n) is 14.0. The van der Waals surface area contributed by atoms with Gasteiger partial charge in [-0.3, -0.25) is 0 Å². The second kappa shape index (κ2) is 7.51. The summed E-state index contributed by atoms with van der Waals surface area (Å²) in [5, 5.41) is 15.1. The van der Waals surface area contributed by atoms with Crippen molar-refractivity contribution in [3.63, 3.8) is 0 Å². The molecular weight excluding hydrogens is 294 g/mol. The van der Waals surface area contributed by atoms with Crippen LogP contribution < -0.4 is 10.6 Å². The maximum atomic E-state index is 11.8. The number of carbonyl (C=O) groups is 1. The lowest BCUT2D eigenvalue weighted by molar-refractivity contribution is 0.0488. The predicted molar refractivity (Wildman–Crippen MR) is 85.7 cm³/mol. The summed E-state index contributed by atoms with van der Waals surface area (Å²) in [6.45, 7) is 6.16. The Balaban J connectivity index is 1.77. The third kappa shape index (κ3) is 5.95. The fraction of sp³-hybridized carbons (Fsp3) is 0.647. The lowest BCUT2D eigenvalue weighted by Gasteiger charge is -2.31. The van der Waals surface area contributed by atoms with Gasteiger partial charge in [-0.15, -0.1) is 0 Å². The second-order valence-electron chi connectivity index (χ2n) is 6.97. The smallest absolute Gasteiger partial charge is 0.407 e. The number of hydrogen-bond donors (Lipinski definition) is 2. The van der Waals surface area contributed by atoms with Crippen LogP contribution in [0, 0.1) is 11.3 Å². The first-order valence-electron chi connectivity index (χ1n) is 8.07. The van der Waals surface area contributed by atoms with Crippen LogP contribution in [0.5, 0.6) is 0 Å². The van der Waals surface area contributed by atoms with Crippen molar-refractivity contribution in [1.82, 2.24) is 10.6 Å². The lowest BCUT2D eigenvalue weighted by Crippen LogP contribution is -2.45. The van der Waals surface area contributed by atoms with E-state index in [1.807, 2.05) is 32.9 Å². The Bertz CT molecular complexity index is 568. The molecule has 2 rings (SSSR count). The van der Waals surface area contributed by atoms with E-state index in [2.05, 4.69) is 10.6 Å². The van der Waals surface area contributed by atoms with Crippen molar-refractivity contribution in [1.29, 1.82) is 5.26 Å². The standard InChI is InChI=1S/C17H25N3O3/c1-17(2,3)23-16(21)20-13-6-4-5-12(9-13)19-11-15-8-7-14(10-18)22-15/h7-8,12-13,19H,4-6,9,11H2,1-3H3,(H,20,21). The molecule has 1 aliphatic rings. The summed E-state index contributed by atoms with van der Waals surface area (Å²) in [6, 6.07) is 5.90. The number of alkyl carbamates (subject to hydrolysis) is 1. The minimum atomic E-state index is -0.478. The molecule has 0 aromatic carbocycles. The lowest BCUT2D eigenvalue weighted by atomic mass is 9.91. The summed E-state index contributed by atoms with van der Waals surface area (Å²) in [6.07, 6.45) is 3.60. The second-order valence-corrected chi connectivity index (χ2v) is 6.97. The Morgan fingerprint density at radius 3 is 2.78 bits per heavy atom. The van der Waals surface area contributed by atoms with Gasteiger partial charge in [-0.2, -0.15) is 5.26 Å². The Hall–Kier alpha value is -2.00. The minimum absolute atomic E-state index is 0.127. The molecule has 0 spiro atoms. The molecule has 2 atom stereocenters. The van der Waals surface area contributed by atoms with Crippen molar-refractivity contribution in [3.05, 3.63) is 23.7 Å². The number of nitrogens with zero attached hydrogens (tertiary/aromatic N) is 1. The summed E-state index contributed by atoms with van der Waals surface area (Å²) in [4.78, 5) is 11.8. The van der Waals surface area contributed by atoms with Crippen LogP contribution in [0.1, 0.15) is 58.0 Å². The Morgan fingerprint density at radius 1 is 1.39 bits per heavy atom. The van der Waals surface area contributed by atoms with Crippen LogP contribution in [0.2, 0.25) is 0 Å². The van der Waals surface area contributed by atoms with Gasteiger partial charge >= 0.3 is 6.09 Å². The van der Waals surface area contributed by atoms with Gasteiger partial charge < -0.3 is 19.8 Å². The Labute approximate surface area is 137 Å². The monoisotopic (exact) mass is 319 g/mol. The molecule has 6 heteroatoms. The fourth-order valence-corrected chi connectivity index (χ4v) is 2.76. The van der Waals surface area contributed by atoms with E-state index in [1.165, 1.54) is 0 Å². The molecule has 23 heavy (non-hydrogen) atoms. The molecule has 1 saturated carbocycles. The molecule has 1 amide bonds. The van der Waals surface area contributed by atoms with Crippen molar-refractivity contribution in [2.75, 3.05) is 0 Å². The topological polar surface area (TPSA) is 87.3 Å².